The Hall–Kier alpha value is -4.22. The van der Waals surface area contributed by atoms with Crippen molar-refractivity contribution < 1.29 is 8.93 Å². The van der Waals surface area contributed by atoms with E-state index in [0.717, 1.165) is 52.9 Å². The Morgan fingerprint density at radius 3 is 1.74 bits per heavy atom. The van der Waals surface area contributed by atoms with Crippen molar-refractivity contribution in [2.75, 3.05) is 26.9 Å². The molecule has 6 nitrogen and oxygen atoms in total. The van der Waals surface area contributed by atoms with E-state index >= 15 is 4.20 Å². The summed E-state index contributed by atoms with van der Waals surface area (Å²) in [7, 11) is 3.81. The standard InChI is InChI=1S/C35H41FN5OP/c1-41(2)35-39-33(38-34(37)40-35)28-22-24-29(25-23-28)42-26-14-3-4-15-27-43(36,30-16-8-5-9-17-30,31-18-10-6-11-19-31)32-20-12-7-13-21-32/h5-13,16-25,33H,3-4,14-15,26-27H2,1-2H3,(H3,37,38,39,40). The van der Waals surface area contributed by atoms with Crippen LogP contribution in [-0.4, -0.2) is 43.7 Å². The van der Waals surface area contributed by atoms with Crippen LogP contribution in [-0.2, 0) is 0 Å². The number of benzene rings is 4. The number of guanidine groups is 2. The zero-order valence-electron chi connectivity index (χ0n) is 24.9. The van der Waals surface area contributed by atoms with Gasteiger partial charge in [-0.1, -0.05) is 0 Å². The molecule has 0 amide bonds. The van der Waals surface area contributed by atoms with Crippen molar-refractivity contribution in [3.05, 3.63) is 121 Å². The summed E-state index contributed by atoms with van der Waals surface area (Å²) in [6.07, 6.45) is 3.68. The summed E-state index contributed by atoms with van der Waals surface area (Å²) in [5.74, 6) is 1.82. The number of nitrogens with one attached hydrogen (secondary N) is 1. The normalized spacial score (nSPS) is 15.8. The molecule has 224 valence electrons. The molecule has 1 unspecified atom stereocenters. The Balaban J connectivity index is 1.19. The molecular weight excluding hydrogens is 556 g/mol. The van der Waals surface area contributed by atoms with Gasteiger partial charge >= 0.3 is 203 Å². The largest absolute Gasteiger partial charge is 0.370 e. The van der Waals surface area contributed by atoms with Crippen molar-refractivity contribution in [3.8, 4) is 5.75 Å². The van der Waals surface area contributed by atoms with Gasteiger partial charge in [0.15, 0.2) is 5.96 Å². The molecule has 1 atom stereocenters. The SMILES string of the molecule is CN(C)C1=NC(c2ccc(OCCCCCCP(F)(c3ccccc3)(c3ccccc3)c3ccccc3)cc2)N=C(N)N1. The summed E-state index contributed by atoms with van der Waals surface area (Å²) in [5, 5.41) is 5.34. The number of rotatable bonds is 12. The predicted octanol–water partition coefficient (Wildman–Crippen LogP) is 5.87. The second kappa shape index (κ2) is 13.4. The summed E-state index contributed by atoms with van der Waals surface area (Å²) >= 11 is 0. The van der Waals surface area contributed by atoms with Gasteiger partial charge in [-0.15, -0.1) is 0 Å². The molecular formula is C35H41FN5OP. The number of unbranched alkanes of at least 4 members (excludes halogenated alkanes) is 3. The van der Waals surface area contributed by atoms with Gasteiger partial charge in [0, 0.05) is 14.1 Å². The molecule has 0 bridgehead atoms. The molecule has 1 heterocycles. The Bertz CT molecular complexity index is 1430. The quantitative estimate of drug-likeness (QED) is 0.158. The van der Waals surface area contributed by atoms with Crippen LogP contribution in [0.5, 0.6) is 5.75 Å². The van der Waals surface area contributed by atoms with Crippen molar-refractivity contribution >= 4 is 34.7 Å². The summed E-state index contributed by atoms with van der Waals surface area (Å²) in [4.78, 5) is 10.9. The molecule has 0 aliphatic carbocycles. The van der Waals surface area contributed by atoms with E-state index in [4.69, 9.17) is 10.5 Å². The first kappa shape index (κ1) is 30.2. The number of nitrogens with two attached hydrogens (primary N) is 1. The average molecular weight is 598 g/mol. The summed E-state index contributed by atoms with van der Waals surface area (Å²) < 4.78 is 24.5. The topological polar surface area (TPSA) is 75.2 Å². The third kappa shape index (κ3) is 6.57. The molecule has 1 aliphatic rings. The summed E-state index contributed by atoms with van der Waals surface area (Å²) in [6.45, 7) is -3.55. The molecule has 0 fully saturated rings. The van der Waals surface area contributed by atoms with E-state index < -0.39 is 6.91 Å². The van der Waals surface area contributed by atoms with Crippen LogP contribution in [0.2, 0.25) is 0 Å². The van der Waals surface area contributed by atoms with Crippen molar-refractivity contribution in [1.29, 1.82) is 0 Å². The van der Waals surface area contributed by atoms with E-state index in [0.29, 0.717) is 24.7 Å². The van der Waals surface area contributed by atoms with Gasteiger partial charge in [-0.3, -0.25) is 5.32 Å². The number of hydrogen-bond donors (Lipinski definition) is 2. The predicted molar refractivity (Wildman–Crippen MR) is 180 cm³/mol. The van der Waals surface area contributed by atoms with Gasteiger partial charge in [-0.25, -0.2) is 9.98 Å². The Morgan fingerprint density at radius 1 is 0.721 bits per heavy atom. The molecule has 0 aromatic heterocycles. The van der Waals surface area contributed by atoms with Crippen molar-refractivity contribution in [1.82, 2.24) is 10.2 Å². The van der Waals surface area contributed by atoms with Gasteiger partial charge in [0.05, 0.1) is 0 Å². The minimum absolute atomic E-state index is 0.346. The smallest absolute Gasteiger partial charge is 0.197 e. The van der Waals surface area contributed by atoms with Crippen LogP contribution in [0.15, 0.2) is 125 Å². The third-order valence-electron chi connectivity index (χ3n) is 7.97. The first-order valence-electron chi connectivity index (χ1n) is 14.9. The van der Waals surface area contributed by atoms with Crippen molar-refractivity contribution in [3.63, 3.8) is 0 Å². The fraction of sp³-hybridized carbons (Fsp3) is 0.257. The second-order valence-electron chi connectivity index (χ2n) is 11.1. The monoisotopic (exact) mass is 597 g/mol. The van der Waals surface area contributed by atoms with Gasteiger partial charge in [-0.05, 0) is 0 Å². The van der Waals surface area contributed by atoms with E-state index in [1.54, 1.807) is 0 Å². The van der Waals surface area contributed by atoms with E-state index in [1.807, 2.05) is 134 Å². The van der Waals surface area contributed by atoms with Gasteiger partial charge in [-0.2, -0.15) is 0 Å². The Kier molecular flexibility index (Phi) is 9.42. The van der Waals surface area contributed by atoms with Gasteiger partial charge in [0.2, 0.25) is 5.96 Å². The fourth-order valence-electron chi connectivity index (χ4n) is 5.67. The fourth-order valence-corrected chi connectivity index (χ4v) is 10.5. The molecule has 1 aliphatic heterocycles. The van der Waals surface area contributed by atoms with Crippen LogP contribution >= 0.6 is 6.91 Å². The third-order valence-corrected chi connectivity index (χ3v) is 13.3. The van der Waals surface area contributed by atoms with E-state index in [-0.39, 0.29) is 6.17 Å². The minimum atomic E-state index is -4.16. The van der Waals surface area contributed by atoms with Crippen molar-refractivity contribution in [2.45, 2.75) is 31.8 Å². The summed E-state index contributed by atoms with van der Waals surface area (Å²) in [6, 6.07) is 37.2. The molecule has 3 N–H and O–H groups in total. The van der Waals surface area contributed by atoms with Crippen LogP contribution in [0, 0.1) is 0 Å². The molecule has 8 heteroatoms. The molecule has 0 radical (unpaired) electrons. The zero-order valence-corrected chi connectivity index (χ0v) is 25.8. The van der Waals surface area contributed by atoms with Crippen molar-refractivity contribution in [2.24, 2.45) is 15.7 Å². The maximum Gasteiger partial charge on any atom is 0.197 e. The maximum atomic E-state index is 18.5. The molecule has 0 saturated heterocycles. The second-order valence-corrected chi connectivity index (χ2v) is 15.5. The minimum Gasteiger partial charge on any atom is -0.370 e. The van der Waals surface area contributed by atoms with E-state index in [1.165, 1.54) is 0 Å². The van der Waals surface area contributed by atoms with E-state index in [9.17, 15) is 0 Å². The van der Waals surface area contributed by atoms with Gasteiger partial charge in [0.1, 0.15) is 0 Å². The maximum absolute atomic E-state index is 18.5. The molecule has 4 aromatic carbocycles. The number of ether oxygens (including phenoxy) is 1. The average Bonchev–Trinajstić information content (AvgIpc) is 3.05. The van der Waals surface area contributed by atoms with Crippen LogP contribution in [0.4, 0.5) is 4.20 Å². The Morgan fingerprint density at radius 2 is 1.23 bits per heavy atom. The first-order valence-corrected chi connectivity index (χ1v) is 17.2. The Labute approximate surface area is 254 Å². The molecule has 0 spiro atoms. The van der Waals surface area contributed by atoms with Gasteiger partial charge < -0.3 is 10.6 Å². The van der Waals surface area contributed by atoms with Crippen LogP contribution in [0.25, 0.3) is 0 Å². The molecule has 5 rings (SSSR count). The van der Waals surface area contributed by atoms with Crippen LogP contribution in [0.3, 0.4) is 0 Å². The van der Waals surface area contributed by atoms with Crippen LogP contribution in [0.1, 0.15) is 37.4 Å². The zero-order chi connectivity index (χ0) is 30.1. The summed E-state index contributed by atoms with van der Waals surface area (Å²) in [5.41, 5.74) is 6.89. The number of halogens is 1. The molecule has 4 aromatic rings. The van der Waals surface area contributed by atoms with E-state index in [2.05, 4.69) is 15.3 Å². The molecule has 0 saturated carbocycles. The first-order chi connectivity index (χ1) is 20.9. The number of hydrogen-bond acceptors (Lipinski definition) is 6. The number of nitrogens with zero attached hydrogens (tertiary/aromatic N) is 3. The van der Waals surface area contributed by atoms with Gasteiger partial charge in [0.25, 0.3) is 0 Å². The number of aliphatic imine (C=N–C) groups is 2. The van der Waals surface area contributed by atoms with Crippen LogP contribution < -0.4 is 31.7 Å². The molecule has 43 heavy (non-hydrogen) atoms.